The number of carbonyl (C=O) groups excluding carboxylic acids is 1. The number of Topliss-reactive ketones (excluding diaryl/α,β-unsaturated/α-hetero) is 1. The summed E-state index contributed by atoms with van der Waals surface area (Å²) in [5.74, 6) is 0.214. The number of aryl methyl sites for hydroxylation is 2. The molecule has 0 radical (unpaired) electrons. The van der Waals surface area contributed by atoms with Crippen LogP contribution in [-0.2, 0) is 4.79 Å². The summed E-state index contributed by atoms with van der Waals surface area (Å²) in [6.45, 7) is 5.80. The molecule has 4 heteroatoms. The fourth-order valence-corrected chi connectivity index (χ4v) is 4.46. The Balaban J connectivity index is 1.96. The van der Waals surface area contributed by atoms with Crippen LogP contribution in [0.5, 0.6) is 0 Å². The average Bonchev–Trinajstić information content (AvgIpc) is 3.05. The Morgan fingerprint density at radius 3 is 1.77 bits per heavy atom. The summed E-state index contributed by atoms with van der Waals surface area (Å²) in [7, 11) is 2.15. The highest BCUT2D eigenvalue weighted by Gasteiger charge is 2.27. The molecule has 0 atom stereocenters. The summed E-state index contributed by atoms with van der Waals surface area (Å²) < 4.78 is 0. The Morgan fingerprint density at radius 1 is 0.955 bits per heavy atom. The van der Waals surface area contributed by atoms with E-state index in [0.29, 0.717) is 0 Å². The molecular formula is C18H20NOS2+. The molecule has 1 saturated heterocycles. The minimum atomic E-state index is 0.214. The van der Waals surface area contributed by atoms with E-state index < -0.39 is 0 Å². The first kappa shape index (κ1) is 15.4. The Labute approximate surface area is 139 Å². The second-order valence-corrected chi connectivity index (χ2v) is 7.81. The quantitative estimate of drug-likeness (QED) is 0.840. The Hall–Kier alpha value is -1.49. The van der Waals surface area contributed by atoms with Gasteiger partial charge in [-0.05, 0) is 60.0 Å². The number of likely N-dealkylation sites (tertiary alicyclic amines) is 1. The standard InChI is InChI=1S/C18H19NOS2/c1-12-4-6-21-16(12)8-14-10-19(3)11-15(18(14)20)9-17-13(2)5-7-22-17/h4-9H,10-11H2,1-3H3/p+1. The van der Waals surface area contributed by atoms with Crippen LogP contribution in [-0.4, -0.2) is 25.9 Å². The topological polar surface area (TPSA) is 21.5 Å². The molecule has 0 unspecified atom stereocenters. The summed E-state index contributed by atoms with van der Waals surface area (Å²) in [6.07, 6.45) is 4.17. The van der Waals surface area contributed by atoms with E-state index in [1.54, 1.807) is 22.7 Å². The molecule has 1 fully saturated rings. The van der Waals surface area contributed by atoms with E-state index in [1.165, 1.54) is 25.8 Å². The van der Waals surface area contributed by atoms with E-state index >= 15 is 0 Å². The number of hydrogen-bond acceptors (Lipinski definition) is 3. The number of nitrogens with one attached hydrogen (secondary N) is 1. The number of carbonyl (C=O) groups is 1. The van der Waals surface area contributed by atoms with Crippen molar-refractivity contribution in [2.75, 3.05) is 20.1 Å². The molecule has 2 aromatic heterocycles. The second-order valence-electron chi connectivity index (χ2n) is 5.91. The first-order valence-corrected chi connectivity index (χ1v) is 9.16. The molecule has 1 N–H and O–H groups in total. The average molecular weight is 330 g/mol. The number of rotatable bonds is 2. The van der Waals surface area contributed by atoms with Gasteiger partial charge in [0, 0.05) is 9.75 Å². The summed E-state index contributed by atoms with van der Waals surface area (Å²) in [5, 5.41) is 4.16. The normalized spacial score (nSPS) is 22.7. The minimum absolute atomic E-state index is 0.214. The maximum absolute atomic E-state index is 12.8. The molecule has 0 amide bonds. The predicted octanol–water partition coefficient (Wildman–Crippen LogP) is 2.99. The monoisotopic (exact) mass is 330 g/mol. The van der Waals surface area contributed by atoms with Crippen LogP contribution in [0.1, 0.15) is 20.9 Å². The summed E-state index contributed by atoms with van der Waals surface area (Å²) >= 11 is 3.40. The summed E-state index contributed by atoms with van der Waals surface area (Å²) in [6, 6.07) is 4.21. The number of quaternary nitrogens is 1. The van der Waals surface area contributed by atoms with Gasteiger partial charge in [-0.2, -0.15) is 0 Å². The van der Waals surface area contributed by atoms with Crippen LogP contribution in [0.25, 0.3) is 12.2 Å². The van der Waals surface area contributed by atoms with Crippen LogP contribution in [0, 0.1) is 13.8 Å². The molecule has 0 aromatic carbocycles. The second kappa shape index (κ2) is 6.32. The van der Waals surface area contributed by atoms with Crippen LogP contribution in [0.2, 0.25) is 0 Å². The van der Waals surface area contributed by atoms with Crippen molar-refractivity contribution < 1.29 is 9.69 Å². The van der Waals surface area contributed by atoms with E-state index in [4.69, 9.17) is 0 Å². The maximum Gasteiger partial charge on any atom is 0.196 e. The number of thiophene rings is 2. The number of ketones is 1. The van der Waals surface area contributed by atoms with Gasteiger partial charge in [0.2, 0.25) is 0 Å². The van der Waals surface area contributed by atoms with E-state index in [0.717, 1.165) is 24.2 Å². The molecule has 0 bridgehead atoms. The zero-order chi connectivity index (χ0) is 15.7. The highest BCUT2D eigenvalue weighted by atomic mass is 32.1. The van der Waals surface area contributed by atoms with Gasteiger partial charge in [-0.15, -0.1) is 22.7 Å². The van der Waals surface area contributed by atoms with E-state index in [-0.39, 0.29) is 5.78 Å². The molecular weight excluding hydrogens is 310 g/mol. The lowest BCUT2D eigenvalue weighted by atomic mass is 9.96. The van der Waals surface area contributed by atoms with Crippen molar-refractivity contribution in [2.45, 2.75) is 13.8 Å². The minimum Gasteiger partial charge on any atom is -0.330 e. The van der Waals surface area contributed by atoms with Crippen LogP contribution >= 0.6 is 22.7 Å². The third-order valence-electron chi connectivity index (χ3n) is 3.98. The molecule has 22 heavy (non-hydrogen) atoms. The van der Waals surface area contributed by atoms with Gasteiger partial charge in [0.05, 0.1) is 18.2 Å². The van der Waals surface area contributed by atoms with Crippen molar-refractivity contribution >= 4 is 40.6 Å². The van der Waals surface area contributed by atoms with Gasteiger partial charge in [0.1, 0.15) is 13.1 Å². The van der Waals surface area contributed by atoms with E-state index in [2.05, 4.69) is 55.9 Å². The SMILES string of the molecule is Cc1ccsc1C=C1C[NH+](C)CC(=Cc2sccc2C)C1=O. The van der Waals surface area contributed by atoms with Crippen molar-refractivity contribution in [2.24, 2.45) is 0 Å². The highest BCUT2D eigenvalue weighted by molar-refractivity contribution is 7.11. The van der Waals surface area contributed by atoms with Gasteiger partial charge in [-0.25, -0.2) is 0 Å². The molecule has 2 nitrogen and oxygen atoms in total. The fourth-order valence-electron chi connectivity index (χ4n) is 2.69. The van der Waals surface area contributed by atoms with Gasteiger partial charge < -0.3 is 4.90 Å². The molecule has 3 rings (SSSR count). The molecule has 0 aliphatic carbocycles. The summed E-state index contributed by atoms with van der Waals surface area (Å²) in [4.78, 5) is 16.6. The van der Waals surface area contributed by atoms with Gasteiger partial charge in [0.25, 0.3) is 0 Å². The molecule has 1 aliphatic heterocycles. The molecule has 1 aliphatic rings. The number of likely N-dealkylation sites (N-methyl/N-ethyl adjacent to an activating group) is 1. The van der Waals surface area contributed by atoms with Crippen LogP contribution in [0.15, 0.2) is 34.0 Å². The number of piperidine rings is 1. The Morgan fingerprint density at radius 2 is 1.41 bits per heavy atom. The van der Waals surface area contributed by atoms with E-state index in [9.17, 15) is 4.79 Å². The molecule has 0 saturated carbocycles. The lowest BCUT2D eigenvalue weighted by molar-refractivity contribution is -0.870. The summed E-state index contributed by atoms with van der Waals surface area (Å²) in [5.41, 5.74) is 4.34. The maximum atomic E-state index is 12.8. The van der Waals surface area contributed by atoms with E-state index in [1.807, 2.05) is 0 Å². The van der Waals surface area contributed by atoms with Gasteiger partial charge in [-0.3, -0.25) is 4.79 Å². The highest BCUT2D eigenvalue weighted by Crippen LogP contribution is 2.23. The zero-order valence-electron chi connectivity index (χ0n) is 13.1. The van der Waals surface area contributed by atoms with Crippen molar-refractivity contribution in [3.63, 3.8) is 0 Å². The van der Waals surface area contributed by atoms with Gasteiger partial charge in [-0.1, -0.05) is 0 Å². The first-order valence-electron chi connectivity index (χ1n) is 7.40. The Kier molecular flexibility index (Phi) is 4.43. The largest absolute Gasteiger partial charge is 0.330 e. The van der Waals surface area contributed by atoms with Crippen molar-refractivity contribution in [1.82, 2.24) is 0 Å². The van der Waals surface area contributed by atoms with Gasteiger partial charge in [0.15, 0.2) is 5.78 Å². The predicted molar refractivity (Wildman–Crippen MR) is 95.7 cm³/mol. The third kappa shape index (κ3) is 3.14. The molecule has 3 heterocycles. The number of hydrogen-bond donors (Lipinski definition) is 1. The lowest BCUT2D eigenvalue weighted by Crippen LogP contribution is -3.10. The van der Waals surface area contributed by atoms with Crippen molar-refractivity contribution in [3.8, 4) is 0 Å². The van der Waals surface area contributed by atoms with Crippen LogP contribution < -0.4 is 4.90 Å². The molecule has 2 aromatic rings. The fraction of sp³-hybridized carbons (Fsp3) is 0.278. The van der Waals surface area contributed by atoms with Crippen LogP contribution in [0.3, 0.4) is 0 Å². The third-order valence-corrected chi connectivity index (χ3v) is 5.91. The van der Waals surface area contributed by atoms with Gasteiger partial charge >= 0.3 is 0 Å². The van der Waals surface area contributed by atoms with Crippen LogP contribution in [0.4, 0.5) is 0 Å². The Bertz CT molecular complexity index is 701. The molecule has 114 valence electrons. The lowest BCUT2D eigenvalue weighted by Gasteiger charge is -2.23. The molecule has 0 spiro atoms. The van der Waals surface area contributed by atoms with Crippen molar-refractivity contribution in [1.29, 1.82) is 0 Å². The smallest absolute Gasteiger partial charge is 0.196 e. The van der Waals surface area contributed by atoms with Crippen molar-refractivity contribution in [3.05, 3.63) is 54.9 Å². The first-order chi connectivity index (χ1) is 10.5. The zero-order valence-corrected chi connectivity index (χ0v) is 14.7.